The molecule has 0 unspecified atom stereocenters. The average molecular weight is 1300 g/mol. The average Bonchev–Trinajstić information content (AvgIpc) is 3.71. The largest absolute Gasteiger partial charge is 0.505 e. The van der Waals surface area contributed by atoms with E-state index in [0.29, 0.717) is 58.3 Å². The van der Waals surface area contributed by atoms with E-state index >= 15 is 0 Å². The van der Waals surface area contributed by atoms with Gasteiger partial charge in [0.15, 0.2) is 0 Å². The molecule has 4 atom stereocenters. The van der Waals surface area contributed by atoms with Gasteiger partial charge in [-0.25, -0.2) is 0 Å². The lowest BCUT2D eigenvalue weighted by Gasteiger charge is -2.20. The molecule has 0 fully saturated rings. The molecule has 2 N–H and O–H groups in total. The first-order valence-electron chi connectivity index (χ1n) is 39.9. The van der Waals surface area contributed by atoms with Crippen LogP contribution >= 0.6 is 0 Å². The van der Waals surface area contributed by atoms with E-state index in [4.69, 9.17) is 23.7 Å². The van der Waals surface area contributed by atoms with Crippen LogP contribution in [0.4, 0.5) is 0 Å². The van der Waals surface area contributed by atoms with Crippen molar-refractivity contribution in [3.8, 4) is 0 Å². The Balaban J connectivity index is 0. The highest BCUT2D eigenvalue weighted by atomic mass is 16.6. The van der Waals surface area contributed by atoms with Crippen molar-refractivity contribution in [1.29, 1.82) is 0 Å². The van der Waals surface area contributed by atoms with Crippen molar-refractivity contribution < 1.29 is 47.7 Å². The lowest BCUT2D eigenvalue weighted by molar-refractivity contribution is -0.151. The molecule has 0 radical (unpaired) electrons. The number of carbonyl (C=O) groups is 5. The zero-order valence-corrected chi connectivity index (χ0v) is 62.0. The molecule has 0 aromatic carbocycles. The summed E-state index contributed by atoms with van der Waals surface area (Å²) in [6.45, 7) is 14.9. The molecule has 92 heavy (non-hydrogen) atoms. The number of rotatable bonds is 73. The molecule has 0 bridgehead atoms. The van der Waals surface area contributed by atoms with Gasteiger partial charge >= 0.3 is 11.9 Å². The smallest absolute Gasteiger partial charge is 0.306 e. The van der Waals surface area contributed by atoms with Crippen LogP contribution in [-0.2, 0) is 47.7 Å². The third-order valence-corrected chi connectivity index (χ3v) is 17.9. The van der Waals surface area contributed by atoms with Crippen LogP contribution in [0.5, 0.6) is 0 Å². The molecular formula is C80H154N2O10. The van der Waals surface area contributed by atoms with Gasteiger partial charge in [-0.1, -0.05) is 324 Å². The highest BCUT2D eigenvalue weighted by Gasteiger charge is 2.19. The van der Waals surface area contributed by atoms with Gasteiger partial charge in [-0.3, -0.25) is 19.2 Å². The fourth-order valence-corrected chi connectivity index (χ4v) is 11.9. The van der Waals surface area contributed by atoms with Crippen molar-refractivity contribution in [2.24, 2.45) is 0 Å². The Morgan fingerprint density at radius 2 is 0.565 bits per heavy atom. The van der Waals surface area contributed by atoms with E-state index in [9.17, 15) is 24.0 Å². The molecule has 2 amide bonds. The van der Waals surface area contributed by atoms with Crippen molar-refractivity contribution in [2.45, 2.75) is 438 Å². The fourth-order valence-electron chi connectivity index (χ4n) is 11.9. The summed E-state index contributed by atoms with van der Waals surface area (Å²) in [7, 11) is 1.61. The molecule has 0 spiro atoms. The lowest BCUT2D eigenvalue weighted by Crippen LogP contribution is -2.39. The van der Waals surface area contributed by atoms with Gasteiger partial charge in [0.25, 0.3) is 0 Å². The fraction of sp³-hybridized carbons (Fsp3) is 0.912. The van der Waals surface area contributed by atoms with Crippen molar-refractivity contribution in [1.82, 2.24) is 10.6 Å². The number of esters is 2. The first-order chi connectivity index (χ1) is 45.1. The minimum Gasteiger partial charge on any atom is -0.505 e. The van der Waals surface area contributed by atoms with Gasteiger partial charge in [-0.05, 0) is 57.4 Å². The number of unbranched alkanes of at least 4 members (excludes halogenated alkanes) is 44. The molecular weight excluding hydrogens is 1150 g/mol. The third kappa shape index (κ3) is 71.3. The van der Waals surface area contributed by atoms with Gasteiger partial charge < -0.3 is 39.1 Å². The summed E-state index contributed by atoms with van der Waals surface area (Å²) in [5.41, 5.74) is 0. The normalized spacial score (nSPS) is 12.7. The maximum Gasteiger partial charge on any atom is 0.306 e. The molecule has 0 saturated carbocycles. The van der Waals surface area contributed by atoms with Crippen molar-refractivity contribution in [3.63, 3.8) is 0 Å². The van der Waals surface area contributed by atoms with Crippen LogP contribution in [0.2, 0.25) is 0 Å². The van der Waals surface area contributed by atoms with Gasteiger partial charge in [-0.15, -0.1) is 0 Å². The first kappa shape index (κ1) is 91.1. The molecule has 0 aliphatic carbocycles. The summed E-state index contributed by atoms with van der Waals surface area (Å²) in [4.78, 5) is 61.8. The minimum absolute atomic E-state index is 0.0608. The Morgan fingerprint density at radius 3 is 0.848 bits per heavy atom. The number of hydrogen-bond acceptors (Lipinski definition) is 10. The Morgan fingerprint density at radius 1 is 0.315 bits per heavy atom. The second-order valence-corrected chi connectivity index (χ2v) is 27.1. The van der Waals surface area contributed by atoms with Crippen LogP contribution in [0, 0.1) is 0 Å². The molecule has 0 aromatic rings. The summed E-state index contributed by atoms with van der Waals surface area (Å²) < 4.78 is 28.7. The predicted octanol–water partition coefficient (Wildman–Crippen LogP) is 22.9. The highest BCUT2D eigenvalue weighted by Crippen LogP contribution is 2.20. The maximum atomic E-state index is 12.7. The minimum atomic E-state index is -0.633. The van der Waals surface area contributed by atoms with Crippen molar-refractivity contribution in [3.05, 3.63) is 12.3 Å². The molecule has 0 heterocycles. The summed E-state index contributed by atoms with van der Waals surface area (Å²) in [6, 6.07) is -0.872. The number of methoxy groups -OCH3 is 1. The summed E-state index contributed by atoms with van der Waals surface area (Å²) >= 11 is 0. The van der Waals surface area contributed by atoms with Gasteiger partial charge in [0.2, 0.25) is 11.8 Å². The second kappa shape index (κ2) is 77.0. The molecule has 544 valence electrons. The summed E-state index contributed by atoms with van der Waals surface area (Å²) in [6.07, 6.45) is 70.7. The molecule has 0 aliphatic rings. The molecule has 0 saturated heterocycles. The van der Waals surface area contributed by atoms with Gasteiger partial charge in [0, 0.05) is 38.5 Å². The van der Waals surface area contributed by atoms with Crippen LogP contribution in [0.3, 0.4) is 0 Å². The van der Waals surface area contributed by atoms with Crippen LogP contribution in [0.1, 0.15) is 414 Å². The number of aldehydes is 1. The van der Waals surface area contributed by atoms with E-state index in [1.54, 1.807) is 13.4 Å². The van der Waals surface area contributed by atoms with Crippen LogP contribution in [0.25, 0.3) is 0 Å². The number of carbonyl (C=O) groups excluding carboxylic acids is 5. The standard InChI is InChI=1S/C41H79NO5.C39H75NO5/c1-5-8-11-14-16-18-19-21-22-25-28-31-40(43)42-38(33-35-45-4)37-46-36-34-39(30-27-24-13-10-7-3)47-41(44)32-29-26-23-20-17-15-12-9-6-2;1-4-7-10-13-15-17-18-20-21-24-27-30-38(42)40-36(34-41)35-44-33-32-37(29-26-23-12-9-6-3)45-39(43)31-28-25-22-19-16-14-11-8-5-2/h33,35,38-39H,5-32,34,36-37H2,1-4H3,(H,42,43);34,36-37H,4-33,35H2,1-3H3,(H,40,42)/b35-33+;/t38-,39+;36-,37+/m00/s1. The Kier molecular flexibility index (Phi) is 76.2. The number of ether oxygens (including phenoxy) is 5. The van der Waals surface area contributed by atoms with Gasteiger partial charge in [0.05, 0.1) is 45.8 Å². The predicted molar refractivity (Wildman–Crippen MR) is 389 cm³/mol. The molecule has 0 aromatic heterocycles. The van der Waals surface area contributed by atoms with Crippen molar-refractivity contribution in [2.75, 3.05) is 33.5 Å². The SMILES string of the molecule is CCCCCCCCCCCCCC(=O)N[C@@H](/C=C/OC)COCC[C@@H](CCCCCCC)OC(=O)CCCCCCCCCCC.CCCCCCCCCCCCCC(=O)N[C@@H](C=O)COCC[C@@H](CCCCCCC)OC(=O)CCCCCCCCCCC. The maximum absolute atomic E-state index is 12.7. The van der Waals surface area contributed by atoms with E-state index in [1.165, 1.54) is 250 Å². The van der Waals surface area contributed by atoms with Crippen LogP contribution in [-0.4, -0.2) is 87.9 Å². The Hall–Kier alpha value is -2.99. The number of nitrogens with one attached hydrogen (secondary N) is 2. The topological polar surface area (TPSA) is 156 Å². The van der Waals surface area contributed by atoms with Gasteiger partial charge in [-0.2, -0.15) is 0 Å². The molecule has 0 rings (SSSR count). The van der Waals surface area contributed by atoms with Crippen LogP contribution in [0.15, 0.2) is 12.3 Å². The van der Waals surface area contributed by atoms with E-state index < -0.39 is 6.04 Å². The van der Waals surface area contributed by atoms with E-state index in [1.807, 2.05) is 6.08 Å². The van der Waals surface area contributed by atoms with Crippen LogP contribution < -0.4 is 10.6 Å². The Bertz CT molecular complexity index is 1580. The quantitative estimate of drug-likeness (QED) is 0.0260. The zero-order chi connectivity index (χ0) is 67.5. The zero-order valence-electron chi connectivity index (χ0n) is 62.0. The first-order valence-corrected chi connectivity index (χ1v) is 39.9. The van der Waals surface area contributed by atoms with E-state index in [-0.39, 0.29) is 48.6 Å². The molecule has 12 heteroatoms. The van der Waals surface area contributed by atoms with Crippen molar-refractivity contribution >= 4 is 30.0 Å². The third-order valence-electron chi connectivity index (χ3n) is 17.9. The monoisotopic (exact) mass is 1300 g/mol. The molecule has 0 aliphatic heterocycles. The molecule has 12 nitrogen and oxygen atoms in total. The summed E-state index contributed by atoms with van der Waals surface area (Å²) in [5, 5.41) is 5.90. The Labute approximate surface area is 569 Å². The van der Waals surface area contributed by atoms with E-state index in [2.05, 4.69) is 52.2 Å². The number of hydrogen-bond donors (Lipinski definition) is 2. The second-order valence-electron chi connectivity index (χ2n) is 27.1. The summed E-state index contributed by atoms with van der Waals surface area (Å²) in [5.74, 6) is -0.188. The van der Waals surface area contributed by atoms with E-state index in [0.717, 1.165) is 89.8 Å². The number of amides is 2. The highest BCUT2D eigenvalue weighted by molar-refractivity contribution is 5.79. The van der Waals surface area contributed by atoms with Gasteiger partial charge in [0.1, 0.15) is 24.5 Å². The lowest BCUT2D eigenvalue weighted by atomic mass is 10.1.